The van der Waals surface area contributed by atoms with Crippen molar-refractivity contribution in [2.24, 2.45) is 22.2 Å². The smallest absolute Gasteiger partial charge is 0.173 e. The highest BCUT2D eigenvalue weighted by Gasteiger charge is 2.70. The van der Waals surface area contributed by atoms with E-state index in [1.165, 1.54) is 11.1 Å². The van der Waals surface area contributed by atoms with Gasteiger partial charge in [0, 0.05) is 6.08 Å². The van der Waals surface area contributed by atoms with Gasteiger partial charge >= 0.3 is 0 Å². The predicted molar refractivity (Wildman–Crippen MR) is 124 cm³/mol. The Hall–Kier alpha value is -1.90. The Labute approximate surface area is 183 Å². The average molecular weight is 413 g/mol. The van der Waals surface area contributed by atoms with Crippen LogP contribution in [0.4, 0.5) is 0 Å². The molecule has 0 aromatic heterocycles. The summed E-state index contributed by atoms with van der Waals surface area (Å²) in [5.74, 6) is 0.693. The predicted octanol–water partition coefficient (Wildman–Crippen LogP) is 6.76. The van der Waals surface area contributed by atoms with Crippen LogP contribution in [0.5, 0.6) is 0 Å². The first kappa shape index (κ1) is 24.4. The molecule has 2 unspecified atom stereocenters. The van der Waals surface area contributed by atoms with E-state index in [4.69, 9.17) is 4.74 Å². The molecule has 0 heterocycles. The highest BCUT2D eigenvalue weighted by Crippen LogP contribution is 2.65. The van der Waals surface area contributed by atoms with Gasteiger partial charge in [-0.2, -0.15) is 0 Å². The van der Waals surface area contributed by atoms with Crippen LogP contribution in [0.15, 0.2) is 46.8 Å². The van der Waals surface area contributed by atoms with E-state index in [0.717, 1.165) is 12.0 Å². The van der Waals surface area contributed by atoms with Crippen molar-refractivity contribution in [3.63, 3.8) is 0 Å². The molecule has 0 aliphatic heterocycles. The maximum Gasteiger partial charge on any atom is 0.173 e. The lowest BCUT2D eigenvalue weighted by Crippen LogP contribution is -2.65. The number of rotatable bonds is 7. The van der Waals surface area contributed by atoms with Gasteiger partial charge in [-0.1, -0.05) is 48.8 Å². The summed E-state index contributed by atoms with van der Waals surface area (Å²) in [6, 6.07) is 0. The number of hydrogen-bond donors (Lipinski definition) is 0. The van der Waals surface area contributed by atoms with E-state index in [1.807, 2.05) is 13.8 Å². The zero-order valence-corrected chi connectivity index (χ0v) is 20.4. The third-order valence-corrected chi connectivity index (χ3v) is 7.40. The van der Waals surface area contributed by atoms with E-state index in [-0.39, 0.29) is 17.5 Å². The molecular formula is C27H40O3. The van der Waals surface area contributed by atoms with Crippen LogP contribution in [-0.4, -0.2) is 18.7 Å². The minimum absolute atomic E-state index is 0.0489. The number of ketones is 2. The standard InChI is InChI=1S/C27H40O3/c1-18(2)10-11-21-17-26(14-12-19(3)4)23(30-9)16-22(28)27(24(26)29,25(21,7)8)15-13-20(5)6/h10,12-13,16,21H,11,14-15,17H2,1-9H3/t21?,26?,27-/m1/s1. The van der Waals surface area contributed by atoms with Crippen molar-refractivity contribution in [3.8, 4) is 0 Å². The van der Waals surface area contributed by atoms with E-state index in [0.29, 0.717) is 25.0 Å². The summed E-state index contributed by atoms with van der Waals surface area (Å²) in [7, 11) is 1.59. The number of fused-ring (bicyclic) bond motifs is 2. The molecule has 2 bridgehead atoms. The zero-order valence-electron chi connectivity index (χ0n) is 20.4. The van der Waals surface area contributed by atoms with Crippen molar-refractivity contribution in [2.75, 3.05) is 7.11 Å². The number of hydrogen-bond acceptors (Lipinski definition) is 3. The van der Waals surface area contributed by atoms with Crippen molar-refractivity contribution >= 4 is 11.6 Å². The molecule has 1 saturated carbocycles. The Morgan fingerprint density at radius 2 is 1.50 bits per heavy atom. The first-order chi connectivity index (χ1) is 13.8. The normalized spacial score (nSPS) is 29.6. The lowest BCUT2D eigenvalue weighted by Gasteiger charge is -2.59. The SMILES string of the molecule is COC1=CC(=O)[C@]2(CC=C(C)C)C(=O)C1(CC=C(C)C)CC(CC=C(C)C)C2(C)C. The van der Waals surface area contributed by atoms with Gasteiger partial charge in [0.1, 0.15) is 11.2 Å². The third-order valence-electron chi connectivity index (χ3n) is 7.40. The molecule has 2 aliphatic rings. The number of carbonyl (C=O) groups excluding carboxylic acids is 2. The maximum atomic E-state index is 14.3. The Kier molecular flexibility index (Phi) is 7.06. The molecule has 3 atom stereocenters. The first-order valence-corrected chi connectivity index (χ1v) is 11.1. The number of Topliss-reactive ketones (excluding diaryl/α,β-unsaturated/α-hetero) is 1. The van der Waals surface area contributed by atoms with Crippen molar-refractivity contribution in [3.05, 3.63) is 46.8 Å². The Morgan fingerprint density at radius 3 is 2.00 bits per heavy atom. The van der Waals surface area contributed by atoms with Crippen LogP contribution in [0, 0.1) is 22.2 Å². The van der Waals surface area contributed by atoms with E-state index in [1.54, 1.807) is 13.2 Å². The minimum atomic E-state index is -1.06. The van der Waals surface area contributed by atoms with Crippen molar-refractivity contribution in [2.45, 2.75) is 81.1 Å². The summed E-state index contributed by atoms with van der Waals surface area (Å²) in [6.07, 6.45) is 10.7. The molecule has 0 saturated heterocycles. The lowest BCUT2D eigenvalue weighted by atomic mass is 9.41. The summed E-state index contributed by atoms with van der Waals surface area (Å²) in [4.78, 5) is 28.0. The second-order valence-electron chi connectivity index (χ2n) is 10.5. The molecule has 2 aliphatic carbocycles. The molecule has 0 radical (unpaired) electrons. The summed E-state index contributed by atoms with van der Waals surface area (Å²) in [5.41, 5.74) is 1.28. The highest BCUT2D eigenvalue weighted by atomic mass is 16.5. The van der Waals surface area contributed by atoms with Gasteiger partial charge in [0.15, 0.2) is 11.6 Å². The van der Waals surface area contributed by atoms with Gasteiger partial charge in [0.05, 0.1) is 12.5 Å². The van der Waals surface area contributed by atoms with Crippen LogP contribution in [0.2, 0.25) is 0 Å². The molecule has 0 N–H and O–H groups in total. The minimum Gasteiger partial charge on any atom is -0.500 e. The molecular weight excluding hydrogens is 372 g/mol. The van der Waals surface area contributed by atoms with E-state index >= 15 is 0 Å². The largest absolute Gasteiger partial charge is 0.500 e. The fourth-order valence-corrected chi connectivity index (χ4v) is 5.32. The van der Waals surface area contributed by atoms with Crippen LogP contribution in [0.25, 0.3) is 0 Å². The first-order valence-electron chi connectivity index (χ1n) is 11.1. The molecule has 2 rings (SSSR count). The van der Waals surface area contributed by atoms with Crippen LogP contribution in [0.3, 0.4) is 0 Å². The van der Waals surface area contributed by atoms with Crippen molar-refractivity contribution in [1.29, 1.82) is 0 Å². The average Bonchev–Trinajstić information content (AvgIpc) is 2.63. The van der Waals surface area contributed by atoms with E-state index in [2.05, 4.69) is 59.8 Å². The van der Waals surface area contributed by atoms with Crippen LogP contribution in [0.1, 0.15) is 81.1 Å². The van der Waals surface area contributed by atoms with Gasteiger partial charge in [0.25, 0.3) is 0 Å². The van der Waals surface area contributed by atoms with Gasteiger partial charge in [-0.25, -0.2) is 0 Å². The third kappa shape index (κ3) is 3.88. The maximum absolute atomic E-state index is 14.3. The molecule has 0 spiro atoms. The Bertz CT molecular complexity index is 824. The fraction of sp³-hybridized carbons (Fsp3) is 0.630. The number of methoxy groups -OCH3 is 1. The molecule has 30 heavy (non-hydrogen) atoms. The van der Waals surface area contributed by atoms with Crippen molar-refractivity contribution < 1.29 is 14.3 Å². The second-order valence-corrected chi connectivity index (χ2v) is 10.5. The van der Waals surface area contributed by atoms with Crippen LogP contribution in [-0.2, 0) is 14.3 Å². The quantitative estimate of drug-likeness (QED) is 0.343. The molecule has 0 amide bonds. The second kappa shape index (κ2) is 8.69. The monoisotopic (exact) mass is 412 g/mol. The van der Waals surface area contributed by atoms with Gasteiger partial charge in [-0.15, -0.1) is 0 Å². The van der Waals surface area contributed by atoms with Crippen LogP contribution < -0.4 is 0 Å². The molecule has 3 nitrogen and oxygen atoms in total. The molecule has 3 heteroatoms. The molecule has 166 valence electrons. The molecule has 1 fully saturated rings. The van der Waals surface area contributed by atoms with Gasteiger partial charge in [0.2, 0.25) is 0 Å². The van der Waals surface area contributed by atoms with Crippen molar-refractivity contribution in [1.82, 2.24) is 0 Å². The Morgan fingerprint density at radius 1 is 0.967 bits per heavy atom. The van der Waals surface area contributed by atoms with Crippen LogP contribution >= 0.6 is 0 Å². The highest BCUT2D eigenvalue weighted by molar-refractivity contribution is 6.18. The summed E-state index contributed by atoms with van der Waals surface area (Å²) in [5, 5.41) is 0. The zero-order chi connectivity index (χ0) is 22.9. The number of carbonyl (C=O) groups is 2. The fourth-order valence-electron chi connectivity index (χ4n) is 5.32. The number of allylic oxidation sites excluding steroid dienone is 8. The summed E-state index contributed by atoms with van der Waals surface area (Å²) >= 11 is 0. The van der Waals surface area contributed by atoms with E-state index in [9.17, 15) is 9.59 Å². The summed E-state index contributed by atoms with van der Waals surface area (Å²) < 4.78 is 5.73. The van der Waals surface area contributed by atoms with E-state index < -0.39 is 16.2 Å². The van der Waals surface area contributed by atoms with Gasteiger partial charge in [-0.3, -0.25) is 9.59 Å². The van der Waals surface area contributed by atoms with Gasteiger partial charge in [-0.05, 0) is 78.6 Å². The topological polar surface area (TPSA) is 43.4 Å². The lowest BCUT2D eigenvalue weighted by molar-refractivity contribution is -0.171. The molecule has 0 aromatic rings. The Balaban J connectivity index is 2.81. The molecule has 0 aromatic carbocycles. The summed E-state index contributed by atoms with van der Waals surface area (Å²) in [6.45, 7) is 16.6. The number of ether oxygens (including phenoxy) is 1. The van der Waals surface area contributed by atoms with Gasteiger partial charge < -0.3 is 4.74 Å².